The lowest BCUT2D eigenvalue weighted by Crippen LogP contribution is -2.59. The van der Waals surface area contributed by atoms with Crippen LogP contribution in [0.5, 0.6) is 11.5 Å². The minimum absolute atomic E-state index is 0. The smallest absolute Gasteiger partial charge is 0.410 e. The Morgan fingerprint density at radius 1 is 0.714 bits per heavy atom. The van der Waals surface area contributed by atoms with Crippen molar-refractivity contribution in [2.45, 2.75) is 38.5 Å². The van der Waals surface area contributed by atoms with Crippen molar-refractivity contribution >= 4 is 54.8 Å². The molecule has 20 nitrogen and oxygen atoms in total. The van der Waals surface area contributed by atoms with E-state index in [1.54, 1.807) is 51.6 Å². The Kier molecular flexibility index (Phi) is 18.0. The summed E-state index contributed by atoms with van der Waals surface area (Å²) in [6.07, 6.45) is 9.02. The third-order valence-electron chi connectivity index (χ3n) is 10.1. The molecule has 0 aliphatic carbocycles. The van der Waals surface area contributed by atoms with E-state index in [1.165, 1.54) is 12.5 Å². The van der Waals surface area contributed by atoms with Crippen LogP contribution in [0.1, 0.15) is 41.7 Å². The topological polar surface area (TPSA) is 203 Å². The number of hydrogen-bond donors (Lipinski definition) is 1. The lowest BCUT2D eigenvalue weighted by atomic mass is 10.1. The summed E-state index contributed by atoms with van der Waals surface area (Å²) in [4.78, 5) is 65.0. The first-order chi connectivity index (χ1) is 29.6. The van der Waals surface area contributed by atoms with Crippen LogP contribution >= 0.6 is 24.8 Å². The second-order valence-corrected chi connectivity index (χ2v) is 15.7. The van der Waals surface area contributed by atoms with Crippen LogP contribution in [0.25, 0.3) is 0 Å². The number of pyridine rings is 2. The van der Waals surface area contributed by atoms with Gasteiger partial charge in [-0.3, -0.25) is 19.6 Å². The molecular weight excluding hydrogens is 863 g/mol. The number of rotatable bonds is 10. The molecule has 0 radical (unpaired) electrons. The van der Waals surface area contributed by atoms with Crippen molar-refractivity contribution in [1.29, 1.82) is 0 Å². The van der Waals surface area contributed by atoms with Crippen LogP contribution in [-0.4, -0.2) is 175 Å². The van der Waals surface area contributed by atoms with Crippen LogP contribution in [-0.2, 0) is 14.2 Å². The highest BCUT2D eigenvalue weighted by Gasteiger charge is 2.37. The number of hydrogen-bond acceptors (Lipinski definition) is 17. The molecule has 344 valence electrons. The molecule has 4 aliphatic rings. The number of aromatic nitrogens is 4. The third-order valence-corrected chi connectivity index (χ3v) is 10.1. The second kappa shape index (κ2) is 23.3. The molecule has 2 unspecified atom stereocenters. The first-order valence-electron chi connectivity index (χ1n) is 20.5. The third kappa shape index (κ3) is 13.5. The van der Waals surface area contributed by atoms with Gasteiger partial charge in [-0.15, -0.1) is 24.8 Å². The molecule has 4 aromatic heterocycles. The van der Waals surface area contributed by atoms with Gasteiger partial charge in [0.05, 0.1) is 50.9 Å². The van der Waals surface area contributed by atoms with Crippen LogP contribution in [0.4, 0.5) is 16.8 Å². The molecule has 0 saturated carbocycles. The summed E-state index contributed by atoms with van der Waals surface area (Å²) in [5.41, 5.74) is -0.0640. The number of carbonyl (C=O) groups is 3. The zero-order chi connectivity index (χ0) is 42.6. The minimum Gasteiger partial charge on any atom is -0.490 e. The SMILES string of the molecule is CC(C)(C)OC(=O)N1CCN(C(=O)c2coc(N3CCOCC3)n2)C(COc2cccnc2)C1.Cl.Cl.O=C(c1coc(N2CCOCC2)n1)N1CCNCC1COc1cccnc1. The monoisotopic (exact) mass is 918 g/mol. The molecule has 0 aromatic carbocycles. The van der Waals surface area contributed by atoms with Gasteiger partial charge < -0.3 is 62.3 Å². The number of ether oxygens (including phenoxy) is 5. The molecule has 63 heavy (non-hydrogen) atoms. The molecule has 4 aromatic rings. The Morgan fingerprint density at radius 3 is 1.71 bits per heavy atom. The Morgan fingerprint density at radius 2 is 1.22 bits per heavy atom. The van der Waals surface area contributed by atoms with Crippen molar-refractivity contribution in [2.24, 2.45) is 0 Å². The molecule has 22 heteroatoms. The maximum absolute atomic E-state index is 13.4. The van der Waals surface area contributed by atoms with E-state index in [1.807, 2.05) is 42.7 Å². The Labute approximate surface area is 378 Å². The van der Waals surface area contributed by atoms with E-state index < -0.39 is 17.7 Å². The number of carbonyl (C=O) groups excluding carboxylic acids is 3. The fourth-order valence-corrected chi connectivity index (χ4v) is 7.00. The standard InChI is InChI=1S/C23H31N5O6.C18H23N5O4.2ClH/c1-23(2,3)34-22(30)27-7-8-28(17(14-27)15-32-18-5-4-6-24-13-18)20(29)19-16-33-21(25-19)26-9-11-31-12-10-26;24-17(16-13-27-18(21-16)22-6-8-25-9-7-22)23-5-4-20-10-14(23)12-26-15-2-1-3-19-11-15;;/h4-6,13,16-17H,7-12,14-15H2,1-3H3;1-3,11,13-14,20H,4-10,12H2;2*1H. The predicted octanol–water partition coefficient (Wildman–Crippen LogP) is 3.29. The van der Waals surface area contributed by atoms with Gasteiger partial charge in [0.1, 0.15) is 42.8 Å². The first-order valence-corrected chi connectivity index (χ1v) is 20.5. The zero-order valence-corrected chi connectivity index (χ0v) is 37.3. The Balaban J connectivity index is 0.000000236. The average molecular weight is 920 g/mol. The summed E-state index contributed by atoms with van der Waals surface area (Å²) < 4.78 is 39.0. The van der Waals surface area contributed by atoms with E-state index in [9.17, 15) is 14.4 Å². The Bertz CT molecular complexity index is 2010. The van der Waals surface area contributed by atoms with Gasteiger partial charge in [-0.1, -0.05) is 0 Å². The number of anilines is 2. The summed E-state index contributed by atoms with van der Waals surface area (Å²) in [5.74, 6) is 0.860. The highest BCUT2D eigenvalue weighted by molar-refractivity contribution is 5.93. The first kappa shape index (κ1) is 48.6. The maximum atomic E-state index is 13.4. The molecule has 3 amide bonds. The fourth-order valence-electron chi connectivity index (χ4n) is 7.00. The summed E-state index contributed by atoms with van der Waals surface area (Å²) in [6, 6.07) is 7.62. The Hall–Kier alpha value is -5.41. The van der Waals surface area contributed by atoms with Crippen molar-refractivity contribution in [2.75, 3.05) is 115 Å². The largest absolute Gasteiger partial charge is 0.490 e. The van der Waals surface area contributed by atoms with E-state index in [0.29, 0.717) is 115 Å². The van der Waals surface area contributed by atoms with Crippen molar-refractivity contribution in [3.63, 3.8) is 0 Å². The molecule has 0 spiro atoms. The van der Waals surface area contributed by atoms with E-state index in [4.69, 9.17) is 32.5 Å². The molecule has 8 rings (SSSR count). The molecule has 0 bridgehead atoms. The van der Waals surface area contributed by atoms with Gasteiger partial charge in [0.2, 0.25) is 0 Å². The zero-order valence-electron chi connectivity index (χ0n) is 35.7. The van der Waals surface area contributed by atoms with E-state index >= 15 is 0 Å². The highest BCUT2D eigenvalue weighted by Crippen LogP contribution is 2.22. The summed E-state index contributed by atoms with van der Waals surface area (Å²) in [5, 5.41) is 3.31. The van der Waals surface area contributed by atoms with Gasteiger partial charge in [-0.05, 0) is 45.0 Å². The highest BCUT2D eigenvalue weighted by atomic mass is 35.5. The van der Waals surface area contributed by atoms with E-state index in [-0.39, 0.29) is 61.5 Å². The van der Waals surface area contributed by atoms with Gasteiger partial charge in [-0.2, -0.15) is 9.97 Å². The van der Waals surface area contributed by atoms with Gasteiger partial charge >= 0.3 is 6.09 Å². The van der Waals surface area contributed by atoms with Crippen molar-refractivity contribution in [1.82, 2.24) is 40.0 Å². The quantitative estimate of drug-likeness (QED) is 0.243. The number of morpholine rings is 2. The van der Waals surface area contributed by atoms with Crippen molar-refractivity contribution < 1.29 is 46.9 Å². The second-order valence-electron chi connectivity index (χ2n) is 15.7. The maximum Gasteiger partial charge on any atom is 0.410 e. The molecule has 4 fully saturated rings. The number of nitrogens with one attached hydrogen (secondary N) is 1. The van der Waals surface area contributed by atoms with Crippen LogP contribution in [0.3, 0.4) is 0 Å². The average Bonchev–Trinajstić information content (AvgIpc) is 4.00. The molecule has 2 atom stereocenters. The number of amides is 3. The lowest BCUT2D eigenvalue weighted by Gasteiger charge is -2.41. The van der Waals surface area contributed by atoms with Crippen molar-refractivity contribution in [3.8, 4) is 11.5 Å². The molecule has 4 saturated heterocycles. The predicted molar refractivity (Wildman–Crippen MR) is 233 cm³/mol. The van der Waals surface area contributed by atoms with Gasteiger partial charge in [0, 0.05) is 77.8 Å². The van der Waals surface area contributed by atoms with E-state index in [2.05, 4.69) is 25.3 Å². The molecule has 1 N–H and O–H groups in total. The summed E-state index contributed by atoms with van der Waals surface area (Å²) >= 11 is 0. The number of piperazine rings is 2. The van der Waals surface area contributed by atoms with Crippen LogP contribution in [0, 0.1) is 0 Å². The van der Waals surface area contributed by atoms with Crippen LogP contribution in [0.2, 0.25) is 0 Å². The minimum atomic E-state index is -0.609. The molecular formula is C41H56Cl2N10O10. The number of oxazole rings is 2. The summed E-state index contributed by atoms with van der Waals surface area (Å²) in [7, 11) is 0. The normalized spacial score (nSPS) is 19.1. The fraction of sp³-hybridized carbons (Fsp3) is 0.537. The van der Waals surface area contributed by atoms with Crippen LogP contribution < -0.4 is 24.6 Å². The number of nitrogens with zero attached hydrogens (tertiary/aromatic N) is 9. The van der Waals surface area contributed by atoms with E-state index in [0.717, 1.165) is 6.54 Å². The van der Waals surface area contributed by atoms with Gasteiger partial charge in [-0.25, -0.2) is 4.79 Å². The lowest BCUT2D eigenvalue weighted by molar-refractivity contribution is -0.00110. The molecule has 8 heterocycles. The molecule has 4 aliphatic heterocycles. The van der Waals surface area contributed by atoms with Crippen molar-refractivity contribution in [3.05, 3.63) is 73.0 Å². The van der Waals surface area contributed by atoms with Crippen LogP contribution in [0.15, 0.2) is 70.4 Å². The number of halogens is 2. The van der Waals surface area contributed by atoms with Gasteiger partial charge in [0.25, 0.3) is 23.8 Å². The summed E-state index contributed by atoms with van der Waals surface area (Å²) in [6.45, 7) is 14.2. The van der Waals surface area contributed by atoms with Gasteiger partial charge in [0.15, 0.2) is 11.4 Å².